The summed E-state index contributed by atoms with van der Waals surface area (Å²) in [5, 5.41) is 0. The molecule has 6 nitrogen and oxygen atoms in total. The third-order valence-electron chi connectivity index (χ3n) is 8.81. The minimum Gasteiger partial charge on any atom is -0.384 e. The highest BCUT2D eigenvalue weighted by Crippen LogP contribution is 2.35. The molecule has 3 heterocycles. The number of likely N-dealkylation sites (tertiary alicyclic amines) is 2. The lowest BCUT2D eigenvalue weighted by Gasteiger charge is -2.39. The second-order valence-corrected chi connectivity index (χ2v) is 11.7. The van der Waals surface area contributed by atoms with Crippen molar-refractivity contribution in [1.82, 2.24) is 14.7 Å². The number of nitrogens with zero attached hydrogens (tertiary/aromatic N) is 4. The summed E-state index contributed by atoms with van der Waals surface area (Å²) in [5.74, 6) is 1.48. The first kappa shape index (κ1) is 27.6. The Morgan fingerprint density at radius 1 is 0.949 bits per heavy atom. The molecule has 0 spiro atoms. The van der Waals surface area contributed by atoms with Gasteiger partial charge in [0.2, 0.25) is 5.91 Å². The molecule has 2 aromatic rings. The number of piperidine rings is 1. The number of benzene rings is 2. The van der Waals surface area contributed by atoms with E-state index in [1.807, 2.05) is 13.0 Å². The summed E-state index contributed by atoms with van der Waals surface area (Å²) in [5.41, 5.74) is 11.5. The van der Waals surface area contributed by atoms with E-state index in [1.165, 1.54) is 22.3 Å². The fourth-order valence-corrected chi connectivity index (χ4v) is 6.83. The zero-order valence-electron chi connectivity index (χ0n) is 23.8. The van der Waals surface area contributed by atoms with Crippen LogP contribution in [-0.2, 0) is 17.9 Å². The average Bonchev–Trinajstić information content (AvgIpc) is 3.28. The maximum Gasteiger partial charge on any atom is 0.225 e. The molecule has 2 atom stereocenters. The van der Waals surface area contributed by atoms with Crippen molar-refractivity contribution in [2.75, 3.05) is 32.7 Å². The number of carbonyl (C=O) groups is 1. The van der Waals surface area contributed by atoms with Crippen molar-refractivity contribution in [3.05, 3.63) is 71.6 Å². The van der Waals surface area contributed by atoms with Gasteiger partial charge in [0.25, 0.3) is 0 Å². The quantitative estimate of drug-likeness (QED) is 0.519. The zero-order chi connectivity index (χ0) is 27.2. The monoisotopic (exact) mass is 527 g/mol. The molecule has 1 amide bonds. The van der Waals surface area contributed by atoms with Gasteiger partial charge in [-0.05, 0) is 86.4 Å². The second kappa shape index (κ2) is 12.9. The molecule has 6 heteroatoms. The Morgan fingerprint density at radius 3 is 2.23 bits per heavy atom. The van der Waals surface area contributed by atoms with E-state index in [0.29, 0.717) is 23.7 Å². The van der Waals surface area contributed by atoms with Crippen LogP contribution in [0.5, 0.6) is 0 Å². The van der Waals surface area contributed by atoms with Gasteiger partial charge in [0.1, 0.15) is 5.82 Å². The molecule has 208 valence electrons. The van der Waals surface area contributed by atoms with Crippen LogP contribution < -0.4 is 5.73 Å². The van der Waals surface area contributed by atoms with E-state index in [2.05, 4.69) is 75.1 Å². The Morgan fingerprint density at radius 2 is 1.59 bits per heavy atom. The van der Waals surface area contributed by atoms with Crippen LogP contribution in [0, 0.1) is 11.8 Å². The van der Waals surface area contributed by atoms with Crippen molar-refractivity contribution >= 4 is 12.1 Å². The van der Waals surface area contributed by atoms with E-state index in [4.69, 9.17) is 5.73 Å². The van der Waals surface area contributed by atoms with Crippen LogP contribution in [0.15, 0.2) is 65.4 Å². The van der Waals surface area contributed by atoms with E-state index in [-0.39, 0.29) is 5.92 Å². The Hall–Kier alpha value is -2.96. The Bertz CT molecular complexity index is 1130. The number of fused-ring (bicyclic) bond motifs is 3. The number of hydrogen-bond acceptors (Lipinski definition) is 5. The lowest BCUT2D eigenvalue weighted by atomic mass is 9.96. The van der Waals surface area contributed by atoms with E-state index in [9.17, 15) is 4.79 Å². The second-order valence-electron chi connectivity index (χ2n) is 11.7. The predicted octanol–water partition coefficient (Wildman–Crippen LogP) is 5.29. The van der Waals surface area contributed by atoms with Crippen molar-refractivity contribution in [2.45, 2.75) is 65.1 Å². The summed E-state index contributed by atoms with van der Waals surface area (Å²) in [7, 11) is 0. The minimum absolute atomic E-state index is 0.157. The van der Waals surface area contributed by atoms with Crippen LogP contribution in [0.2, 0.25) is 0 Å². The van der Waals surface area contributed by atoms with Crippen LogP contribution in [-0.4, -0.2) is 65.6 Å². The summed E-state index contributed by atoms with van der Waals surface area (Å²) < 4.78 is 0. The SMILES string of the molecule is C/C=N\C(N)=C/C(C)CN1CCCC(C(=O)N2CCC(N3Cc4ccccc4-c4ccccc4C3)CC2)CC1. The molecule has 0 radical (unpaired) electrons. The third-order valence-corrected chi connectivity index (χ3v) is 8.81. The molecule has 2 fully saturated rings. The van der Waals surface area contributed by atoms with Crippen LogP contribution in [0.4, 0.5) is 0 Å². The van der Waals surface area contributed by atoms with Gasteiger partial charge >= 0.3 is 0 Å². The first-order valence-corrected chi connectivity index (χ1v) is 14.9. The number of nitrogens with two attached hydrogens (primary N) is 1. The molecule has 0 aliphatic carbocycles. The smallest absolute Gasteiger partial charge is 0.225 e. The van der Waals surface area contributed by atoms with Crippen molar-refractivity contribution in [1.29, 1.82) is 0 Å². The highest BCUT2D eigenvalue weighted by molar-refractivity contribution is 5.79. The Balaban J connectivity index is 1.15. The van der Waals surface area contributed by atoms with Gasteiger partial charge in [-0.1, -0.05) is 55.5 Å². The van der Waals surface area contributed by atoms with Gasteiger partial charge in [0, 0.05) is 50.9 Å². The van der Waals surface area contributed by atoms with Crippen LogP contribution in [0.25, 0.3) is 11.1 Å². The maximum absolute atomic E-state index is 13.6. The lowest BCUT2D eigenvalue weighted by molar-refractivity contribution is -0.137. The molecule has 2 unspecified atom stereocenters. The topological polar surface area (TPSA) is 65.2 Å². The third kappa shape index (κ3) is 6.79. The first-order chi connectivity index (χ1) is 19.0. The highest BCUT2D eigenvalue weighted by Gasteiger charge is 2.32. The summed E-state index contributed by atoms with van der Waals surface area (Å²) >= 11 is 0. The van der Waals surface area contributed by atoms with Gasteiger partial charge in [-0.3, -0.25) is 9.69 Å². The number of aliphatic imine (C=N–C) groups is 1. The van der Waals surface area contributed by atoms with Gasteiger partial charge in [-0.15, -0.1) is 0 Å². The molecule has 2 aromatic carbocycles. The number of amides is 1. The molecule has 2 N–H and O–H groups in total. The minimum atomic E-state index is 0.157. The molecule has 39 heavy (non-hydrogen) atoms. The van der Waals surface area contributed by atoms with Crippen molar-refractivity contribution in [2.24, 2.45) is 22.6 Å². The molecule has 0 aromatic heterocycles. The summed E-state index contributed by atoms with van der Waals surface area (Å²) in [6.07, 6.45) is 8.92. The summed E-state index contributed by atoms with van der Waals surface area (Å²) in [6, 6.07) is 18.2. The number of carbonyl (C=O) groups excluding carboxylic acids is 1. The van der Waals surface area contributed by atoms with Gasteiger partial charge in [-0.25, -0.2) is 4.99 Å². The molecular weight excluding hydrogens is 482 g/mol. The molecule has 3 aliphatic heterocycles. The highest BCUT2D eigenvalue weighted by atomic mass is 16.2. The molecule has 2 saturated heterocycles. The van der Waals surface area contributed by atoms with E-state index >= 15 is 0 Å². The first-order valence-electron chi connectivity index (χ1n) is 14.9. The van der Waals surface area contributed by atoms with E-state index < -0.39 is 0 Å². The fraction of sp³-hybridized carbons (Fsp3) is 0.515. The van der Waals surface area contributed by atoms with Gasteiger partial charge in [-0.2, -0.15) is 0 Å². The fourth-order valence-electron chi connectivity index (χ4n) is 6.83. The van der Waals surface area contributed by atoms with Crippen molar-refractivity contribution in [3.8, 4) is 11.1 Å². The van der Waals surface area contributed by atoms with E-state index in [1.54, 1.807) is 6.21 Å². The zero-order valence-corrected chi connectivity index (χ0v) is 23.8. The van der Waals surface area contributed by atoms with Gasteiger partial charge < -0.3 is 15.5 Å². The summed E-state index contributed by atoms with van der Waals surface area (Å²) in [4.78, 5) is 25.1. The standard InChI is InChI=1S/C33H45N5O/c1-3-35-32(34)21-25(2)22-36-17-8-11-26(14-18-36)33(39)37-19-15-29(16-20-37)38-23-27-9-4-6-12-30(27)31-13-7-5-10-28(31)24-38/h3-7,9-10,12-13,21,25-26,29H,8,11,14-20,22-24,34H2,1-2H3/b32-21-,35-3-. The van der Waals surface area contributed by atoms with Crippen LogP contribution >= 0.6 is 0 Å². The Kier molecular flexibility index (Phi) is 9.15. The molecule has 0 bridgehead atoms. The normalized spacial score (nSPS) is 22.7. The molecule has 0 saturated carbocycles. The lowest BCUT2D eigenvalue weighted by Crippen LogP contribution is -2.47. The number of hydrogen-bond donors (Lipinski definition) is 1. The average molecular weight is 528 g/mol. The molecule has 5 rings (SSSR count). The molecule has 3 aliphatic rings. The number of rotatable bonds is 6. The largest absolute Gasteiger partial charge is 0.384 e. The summed E-state index contributed by atoms with van der Waals surface area (Å²) in [6.45, 7) is 10.8. The molecular formula is C33H45N5O. The Labute approximate surface area is 234 Å². The van der Waals surface area contributed by atoms with Crippen molar-refractivity contribution < 1.29 is 4.79 Å². The van der Waals surface area contributed by atoms with Gasteiger partial charge in [0.05, 0.1) is 0 Å². The van der Waals surface area contributed by atoms with Crippen LogP contribution in [0.1, 0.15) is 57.1 Å². The van der Waals surface area contributed by atoms with Crippen molar-refractivity contribution in [3.63, 3.8) is 0 Å². The maximum atomic E-state index is 13.6. The predicted molar refractivity (Wildman–Crippen MR) is 160 cm³/mol. The van der Waals surface area contributed by atoms with E-state index in [0.717, 1.165) is 77.9 Å². The van der Waals surface area contributed by atoms with Crippen LogP contribution in [0.3, 0.4) is 0 Å². The van der Waals surface area contributed by atoms with Gasteiger partial charge in [0.15, 0.2) is 0 Å².